The molecule has 1 fully saturated rings. The smallest absolute Gasteiger partial charge is 0.244 e. The highest BCUT2D eigenvalue weighted by Crippen LogP contribution is 2.45. The first-order valence-electron chi connectivity index (χ1n) is 6.05. The van der Waals surface area contributed by atoms with Crippen LogP contribution in [-0.4, -0.2) is 13.0 Å². The van der Waals surface area contributed by atoms with Crippen LogP contribution in [0, 0.1) is 16.7 Å². The lowest BCUT2D eigenvalue weighted by Gasteiger charge is -2.11. The lowest BCUT2D eigenvalue weighted by Crippen LogP contribution is -2.22. The molecule has 1 amide bonds. The maximum Gasteiger partial charge on any atom is 0.244 e. The summed E-state index contributed by atoms with van der Waals surface area (Å²) in [5.41, 5.74) is 0.975. The van der Waals surface area contributed by atoms with Crippen molar-refractivity contribution in [3.8, 4) is 11.8 Å². The molecule has 1 aromatic rings. The van der Waals surface area contributed by atoms with E-state index in [1.165, 1.54) is 0 Å². The molecule has 0 heterocycles. The summed E-state index contributed by atoms with van der Waals surface area (Å²) in [6.45, 7) is 2.03. The number of nitrogens with zero attached hydrogens (tertiary/aromatic N) is 1. The van der Waals surface area contributed by atoms with Crippen LogP contribution in [0.15, 0.2) is 18.2 Å². The third-order valence-electron chi connectivity index (χ3n) is 3.32. The predicted molar refractivity (Wildman–Crippen MR) is 68.3 cm³/mol. The van der Waals surface area contributed by atoms with Crippen LogP contribution in [0.5, 0.6) is 5.75 Å². The lowest BCUT2D eigenvalue weighted by atomic mass is 10.1. The number of benzene rings is 1. The Morgan fingerprint density at radius 2 is 2.28 bits per heavy atom. The highest BCUT2D eigenvalue weighted by Gasteiger charge is 2.50. The van der Waals surface area contributed by atoms with E-state index in [4.69, 9.17) is 10.00 Å². The van der Waals surface area contributed by atoms with E-state index in [-0.39, 0.29) is 5.91 Å². The number of amides is 1. The normalized spacial score (nSPS) is 15.6. The Morgan fingerprint density at radius 1 is 1.56 bits per heavy atom. The number of anilines is 1. The van der Waals surface area contributed by atoms with Gasteiger partial charge in [-0.2, -0.15) is 5.26 Å². The van der Waals surface area contributed by atoms with E-state index < -0.39 is 5.41 Å². The van der Waals surface area contributed by atoms with Gasteiger partial charge in [-0.3, -0.25) is 4.79 Å². The summed E-state index contributed by atoms with van der Waals surface area (Å²) in [5, 5.41) is 11.8. The van der Waals surface area contributed by atoms with Crippen molar-refractivity contribution < 1.29 is 9.53 Å². The van der Waals surface area contributed by atoms with Crippen molar-refractivity contribution in [1.82, 2.24) is 0 Å². The van der Waals surface area contributed by atoms with E-state index in [1.807, 2.05) is 19.1 Å². The Bertz CT molecular complexity index is 513. The summed E-state index contributed by atoms with van der Waals surface area (Å²) in [6.07, 6.45) is 2.15. The Labute approximate surface area is 107 Å². The van der Waals surface area contributed by atoms with Crippen LogP contribution in [-0.2, 0) is 11.2 Å². The molecule has 0 bridgehead atoms. The van der Waals surface area contributed by atoms with Crippen LogP contribution in [0.4, 0.5) is 5.69 Å². The molecular weight excluding hydrogens is 228 g/mol. The van der Waals surface area contributed by atoms with Crippen LogP contribution in [0.2, 0.25) is 0 Å². The minimum atomic E-state index is -0.785. The average molecular weight is 244 g/mol. The largest absolute Gasteiger partial charge is 0.496 e. The first-order chi connectivity index (χ1) is 8.65. The number of hydrogen-bond acceptors (Lipinski definition) is 3. The highest BCUT2D eigenvalue weighted by molar-refractivity contribution is 5.99. The van der Waals surface area contributed by atoms with Crippen molar-refractivity contribution in [2.45, 2.75) is 26.2 Å². The van der Waals surface area contributed by atoms with Gasteiger partial charge in [0.25, 0.3) is 0 Å². The van der Waals surface area contributed by atoms with Crippen molar-refractivity contribution in [2.24, 2.45) is 5.41 Å². The molecule has 1 N–H and O–H groups in total. The Kier molecular flexibility index (Phi) is 3.24. The first-order valence-corrected chi connectivity index (χ1v) is 6.05. The number of nitrogens with one attached hydrogen (secondary N) is 1. The van der Waals surface area contributed by atoms with Gasteiger partial charge in [0.2, 0.25) is 5.91 Å². The molecule has 18 heavy (non-hydrogen) atoms. The number of aryl methyl sites for hydroxylation is 1. The minimum Gasteiger partial charge on any atom is -0.496 e. The quantitative estimate of drug-likeness (QED) is 0.885. The SMILES string of the molecule is CCc1cc(NC(=O)C2(C#N)CC2)ccc1OC. The standard InChI is InChI=1S/C14H16N2O2/c1-3-10-8-11(4-5-12(10)18-2)16-13(17)14(9-15)6-7-14/h4-5,8H,3,6-7H2,1-2H3,(H,16,17). The number of nitriles is 1. The molecule has 4 heteroatoms. The molecule has 2 rings (SSSR count). The molecule has 94 valence electrons. The van der Waals surface area contributed by atoms with E-state index >= 15 is 0 Å². The van der Waals surface area contributed by atoms with E-state index in [0.717, 1.165) is 23.4 Å². The van der Waals surface area contributed by atoms with Gasteiger partial charge in [-0.05, 0) is 43.0 Å². The first kappa shape index (κ1) is 12.4. The van der Waals surface area contributed by atoms with Gasteiger partial charge in [0.1, 0.15) is 11.2 Å². The number of hydrogen-bond donors (Lipinski definition) is 1. The highest BCUT2D eigenvalue weighted by atomic mass is 16.5. The van der Waals surface area contributed by atoms with Crippen LogP contribution in [0.3, 0.4) is 0 Å². The van der Waals surface area contributed by atoms with Crippen molar-refractivity contribution in [2.75, 3.05) is 12.4 Å². The summed E-state index contributed by atoms with van der Waals surface area (Å²) in [5.74, 6) is 0.620. The van der Waals surface area contributed by atoms with Crippen LogP contribution < -0.4 is 10.1 Å². The van der Waals surface area contributed by atoms with Gasteiger partial charge in [-0.25, -0.2) is 0 Å². The van der Waals surface area contributed by atoms with E-state index in [0.29, 0.717) is 12.8 Å². The molecule has 1 aromatic carbocycles. The molecule has 0 spiro atoms. The summed E-state index contributed by atoms with van der Waals surface area (Å²) < 4.78 is 5.23. The zero-order chi connectivity index (χ0) is 13.2. The molecule has 0 saturated heterocycles. The molecule has 0 unspecified atom stereocenters. The summed E-state index contributed by atoms with van der Waals surface area (Å²) >= 11 is 0. The Morgan fingerprint density at radius 3 is 2.78 bits per heavy atom. The van der Waals surface area contributed by atoms with Gasteiger partial charge in [0.05, 0.1) is 13.2 Å². The fourth-order valence-electron chi connectivity index (χ4n) is 1.90. The second kappa shape index (κ2) is 4.69. The summed E-state index contributed by atoms with van der Waals surface area (Å²) in [7, 11) is 1.63. The molecule has 0 atom stereocenters. The lowest BCUT2D eigenvalue weighted by molar-refractivity contribution is -0.119. The average Bonchev–Trinajstić information content (AvgIpc) is 3.19. The second-order valence-corrected chi connectivity index (χ2v) is 4.53. The van der Waals surface area contributed by atoms with Crippen molar-refractivity contribution in [3.05, 3.63) is 23.8 Å². The Balaban J connectivity index is 2.15. The van der Waals surface area contributed by atoms with E-state index in [2.05, 4.69) is 11.4 Å². The van der Waals surface area contributed by atoms with Crippen LogP contribution >= 0.6 is 0 Å². The monoisotopic (exact) mass is 244 g/mol. The zero-order valence-electron chi connectivity index (χ0n) is 10.6. The number of methoxy groups -OCH3 is 1. The molecule has 1 aliphatic rings. The van der Waals surface area contributed by atoms with Gasteiger partial charge in [-0.1, -0.05) is 6.92 Å². The van der Waals surface area contributed by atoms with Crippen LogP contribution in [0.1, 0.15) is 25.3 Å². The predicted octanol–water partition coefficient (Wildman–Crippen LogP) is 2.50. The maximum atomic E-state index is 11.9. The number of rotatable bonds is 4. The molecule has 0 aliphatic heterocycles. The second-order valence-electron chi connectivity index (χ2n) is 4.53. The summed E-state index contributed by atoms with van der Waals surface area (Å²) in [4.78, 5) is 11.9. The Hall–Kier alpha value is -2.02. The zero-order valence-corrected chi connectivity index (χ0v) is 10.6. The molecule has 1 saturated carbocycles. The number of carbonyl (C=O) groups excluding carboxylic acids is 1. The third-order valence-corrected chi connectivity index (χ3v) is 3.32. The molecule has 0 aromatic heterocycles. The molecule has 0 radical (unpaired) electrons. The number of carbonyl (C=O) groups is 1. The van der Waals surface area contributed by atoms with Crippen LogP contribution in [0.25, 0.3) is 0 Å². The van der Waals surface area contributed by atoms with E-state index in [9.17, 15) is 4.79 Å². The molecule has 1 aliphatic carbocycles. The van der Waals surface area contributed by atoms with E-state index in [1.54, 1.807) is 13.2 Å². The van der Waals surface area contributed by atoms with Gasteiger partial charge in [0, 0.05) is 5.69 Å². The van der Waals surface area contributed by atoms with Crippen molar-refractivity contribution in [3.63, 3.8) is 0 Å². The number of ether oxygens (including phenoxy) is 1. The topological polar surface area (TPSA) is 62.1 Å². The summed E-state index contributed by atoms with van der Waals surface area (Å²) in [6, 6.07) is 7.61. The van der Waals surface area contributed by atoms with Crippen molar-refractivity contribution >= 4 is 11.6 Å². The minimum absolute atomic E-state index is 0.197. The van der Waals surface area contributed by atoms with Crippen molar-refractivity contribution in [1.29, 1.82) is 5.26 Å². The van der Waals surface area contributed by atoms with Gasteiger partial charge in [0.15, 0.2) is 0 Å². The van der Waals surface area contributed by atoms with Gasteiger partial charge >= 0.3 is 0 Å². The van der Waals surface area contributed by atoms with Gasteiger partial charge < -0.3 is 10.1 Å². The maximum absolute atomic E-state index is 11.9. The molecular formula is C14H16N2O2. The van der Waals surface area contributed by atoms with Gasteiger partial charge in [-0.15, -0.1) is 0 Å². The fourth-order valence-corrected chi connectivity index (χ4v) is 1.90. The fraction of sp³-hybridized carbons (Fsp3) is 0.429. The third kappa shape index (κ3) is 2.17. The molecule has 4 nitrogen and oxygen atoms in total.